The quantitative estimate of drug-likeness (QED) is 0.183. The Morgan fingerprint density at radius 1 is 0.458 bits per heavy atom. The monoisotopic (exact) mass is 626 g/mol. The van der Waals surface area contributed by atoms with E-state index in [-0.39, 0.29) is 22.6 Å². The zero-order valence-electron chi connectivity index (χ0n) is 28.3. The summed E-state index contributed by atoms with van der Waals surface area (Å²) in [7, 11) is 0. The number of anilines is 1. The lowest BCUT2D eigenvalue weighted by Crippen LogP contribution is -2.40. The summed E-state index contributed by atoms with van der Waals surface area (Å²) in [5.74, 6) is -0.593. The van der Waals surface area contributed by atoms with E-state index in [2.05, 4.69) is 113 Å². The minimum atomic E-state index is -0.297. The molecule has 0 saturated carbocycles. The Bertz CT molecular complexity index is 2410. The molecule has 0 N–H and O–H groups in total. The van der Waals surface area contributed by atoms with Crippen molar-refractivity contribution in [2.45, 2.75) is 52.4 Å². The van der Waals surface area contributed by atoms with Gasteiger partial charge in [0.25, 0.3) is 11.8 Å². The van der Waals surface area contributed by atoms with E-state index < -0.39 is 0 Å². The molecule has 0 atom stereocenters. The van der Waals surface area contributed by atoms with Crippen LogP contribution < -0.4 is 4.90 Å². The standard InChI is InChI=1S/C44H38N2O2/c1-43(2,3)28-15-19-30(20-16-28)45-38-13-8-7-10-33(38)37-26-27(14-25-39(37)45)32-23-24-36-40-34(32)11-9-12-35(40)41(47)46(42(36)48)31-21-17-29(18-22-31)44(4,5)6/h7-26H,1-6H3. The van der Waals surface area contributed by atoms with Gasteiger partial charge < -0.3 is 4.57 Å². The summed E-state index contributed by atoms with van der Waals surface area (Å²) < 4.78 is 2.33. The van der Waals surface area contributed by atoms with Gasteiger partial charge in [0.1, 0.15) is 0 Å². The fourth-order valence-electron chi connectivity index (χ4n) is 7.22. The highest BCUT2D eigenvalue weighted by atomic mass is 16.2. The number of fused-ring (bicyclic) bond motifs is 3. The number of nitrogens with zero attached hydrogens (tertiary/aromatic N) is 2. The van der Waals surface area contributed by atoms with Crippen molar-refractivity contribution >= 4 is 50.1 Å². The van der Waals surface area contributed by atoms with Crippen LogP contribution in [-0.4, -0.2) is 16.4 Å². The Hall–Kier alpha value is -5.48. The first-order valence-corrected chi connectivity index (χ1v) is 16.6. The number of carbonyl (C=O) groups excluding carboxylic acids is 2. The number of benzene rings is 6. The van der Waals surface area contributed by atoms with E-state index >= 15 is 0 Å². The summed E-state index contributed by atoms with van der Waals surface area (Å²) in [6.07, 6.45) is 0. The van der Waals surface area contributed by atoms with Crippen molar-refractivity contribution in [2.24, 2.45) is 0 Å². The van der Waals surface area contributed by atoms with Crippen molar-refractivity contribution in [1.29, 1.82) is 0 Å². The van der Waals surface area contributed by atoms with E-state index in [0.29, 0.717) is 22.2 Å². The molecule has 236 valence electrons. The predicted molar refractivity (Wildman–Crippen MR) is 199 cm³/mol. The van der Waals surface area contributed by atoms with Gasteiger partial charge in [-0.15, -0.1) is 0 Å². The molecule has 1 aromatic heterocycles. The van der Waals surface area contributed by atoms with Crippen LogP contribution in [0, 0.1) is 0 Å². The SMILES string of the molecule is CC(C)(C)c1ccc(N2C(=O)c3cccc4c(-c5ccc6c(c5)c5ccccc5n6-c5ccc(C(C)(C)C)cc5)ccc(c34)C2=O)cc1. The molecule has 0 fully saturated rings. The maximum Gasteiger partial charge on any atom is 0.265 e. The molecule has 2 heterocycles. The van der Waals surface area contributed by atoms with Gasteiger partial charge in [0, 0.05) is 33.0 Å². The van der Waals surface area contributed by atoms with Crippen LogP contribution in [0.4, 0.5) is 5.69 Å². The topological polar surface area (TPSA) is 42.3 Å². The molecule has 0 bridgehead atoms. The molecule has 8 rings (SSSR count). The third-order valence-electron chi connectivity index (χ3n) is 9.87. The summed E-state index contributed by atoms with van der Waals surface area (Å²) in [6, 6.07) is 41.5. The second-order valence-electron chi connectivity index (χ2n) is 15.0. The number of hydrogen-bond acceptors (Lipinski definition) is 2. The summed E-state index contributed by atoms with van der Waals surface area (Å²) in [6.45, 7) is 13.2. The molecule has 48 heavy (non-hydrogen) atoms. The predicted octanol–water partition coefficient (Wildman–Crippen LogP) is 11.0. The summed E-state index contributed by atoms with van der Waals surface area (Å²) in [5.41, 5.74) is 9.60. The molecule has 4 nitrogen and oxygen atoms in total. The van der Waals surface area contributed by atoms with E-state index in [1.807, 2.05) is 54.6 Å². The minimum Gasteiger partial charge on any atom is -0.309 e. The second kappa shape index (κ2) is 10.5. The van der Waals surface area contributed by atoms with E-state index in [9.17, 15) is 9.59 Å². The zero-order valence-corrected chi connectivity index (χ0v) is 28.3. The number of aromatic nitrogens is 1. The maximum atomic E-state index is 14.0. The first-order valence-electron chi connectivity index (χ1n) is 16.6. The van der Waals surface area contributed by atoms with E-state index in [1.54, 1.807) is 0 Å². The molecule has 0 spiro atoms. The third kappa shape index (κ3) is 4.58. The zero-order chi connectivity index (χ0) is 33.5. The highest BCUT2D eigenvalue weighted by Gasteiger charge is 2.34. The van der Waals surface area contributed by atoms with E-state index in [0.717, 1.165) is 44.2 Å². The molecule has 2 amide bonds. The van der Waals surface area contributed by atoms with Gasteiger partial charge in [-0.3, -0.25) is 9.59 Å². The number of amides is 2. The third-order valence-corrected chi connectivity index (χ3v) is 9.87. The molecular weight excluding hydrogens is 588 g/mol. The lowest BCUT2D eigenvalue weighted by atomic mass is 9.86. The largest absolute Gasteiger partial charge is 0.309 e. The highest BCUT2D eigenvalue weighted by Crippen LogP contribution is 2.41. The molecular formula is C44H38N2O2. The van der Waals surface area contributed by atoms with E-state index in [4.69, 9.17) is 0 Å². The summed E-state index contributed by atoms with van der Waals surface area (Å²) in [5, 5.41) is 3.94. The second-order valence-corrected chi connectivity index (χ2v) is 15.0. The van der Waals surface area contributed by atoms with Gasteiger partial charge in [-0.2, -0.15) is 0 Å². The van der Waals surface area contributed by atoms with Gasteiger partial charge >= 0.3 is 0 Å². The highest BCUT2D eigenvalue weighted by molar-refractivity contribution is 6.36. The molecule has 0 unspecified atom stereocenters. The Kier molecular flexibility index (Phi) is 6.55. The van der Waals surface area contributed by atoms with Crippen LogP contribution in [0.5, 0.6) is 0 Å². The average molecular weight is 627 g/mol. The Morgan fingerprint density at radius 2 is 1.00 bits per heavy atom. The van der Waals surface area contributed by atoms with Crippen molar-refractivity contribution in [3.63, 3.8) is 0 Å². The number of rotatable bonds is 3. The molecule has 0 radical (unpaired) electrons. The lowest BCUT2D eigenvalue weighted by molar-refractivity contribution is 0.0893. The molecule has 7 aromatic rings. The minimum absolute atomic E-state index is 0.0291. The molecule has 1 aliphatic rings. The number of hydrogen-bond donors (Lipinski definition) is 0. The Morgan fingerprint density at radius 3 is 1.65 bits per heavy atom. The maximum absolute atomic E-state index is 14.0. The van der Waals surface area contributed by atoms with Gasteiger partial charge in [0.15, 0.2) is 0 Å². The van der Waals surface area contributed by atoms with Crippen molar-refractivity contribution in [2.75, 3.05) is 4.90 Å². The first-order chi connectivity index (χ1) is 22.9. The van der Waals surface area contributed by atoms with Crippen LogP contribution >= 0.6 is 0 Å². The number of para-hydroxylation sites is 1. The fraction of sp³-hybridized carbons (Fsp3) is 0.182. The average Bonchev–Trinajstić information content (AvgIpc) is 3.40. The lowest BCUT2D eigenvalue weighted by Gasteiger charge is -2.28. The van der Waals surface area contributed by atoms with Crippen molar-refractivity contribution in [3.8, 4) is 16.8 Å². The van der Waals surface area contributed by atoms with Crippen molar-refractivity contribution < 1.29 is 9.59 Å². The number of imide groups is 1. The number of carbonyl (C=O) groups is 2. The first kappa shape index (κ1) is 29.9. The van der Waals surface area contributed by atoms with Crippen molar-refractivity contribution in [1.82, 2.24) is 4.57 Å². The van der Waals surface area contributed by atoms with Crippen LogP contribution in [0.25, 0.3) is 49.4 Å². The summed E-state index contributed by atoms with van der Waals surface area (Å²) in [4.78, 5) is 29.3. The van der Waals surface area contributed by atoms with Gasteiger partial charge in [0.05, 0.1) is 16.7 Å². The Labute approximate surface area is 281 Å². The van der Waals surface area contributed by atoms with E-state index in [1.165, 1.54) is 15.8 Å². The summed E-state index contributed by atoms with van der Waals surface area (Å²) >= 11 is 0. The van der Waals surface area contributed by atoms with Gasteiger partial charge in [-0.05, 0) is 93.1 Å². The molecule has 0 aliphatic carbocycles. The van der Waals surface area contributed by atoms with Crippen LogP contribution in [-0.2, 0) is 10.8 Å². The van der Waals surface area contributed by atoms with Crippen LogP contribution in [0.1, 0.15) is 73.4 Å². The smallest absolute Gasteiger partial charge is 0.265 e. The fourth-order valence-corrected chi connectivity index (χ4v) is 7.22. The van der Waals surface area contributed by atoms with Gasteiger partial charge in [0.2, 0.25) is 0 Å². The van der Waals surface area contributed by atoms with Crippen molar-refractivity contribution in [3.05, 3.63) is 144 Å². The molecule has 4 heteroatoms. The molecule has 6 aromatic carbocycles. The molecule has 0 saturated heterocycles. The molecule has 1 aliphatic heterocycles. The van der Waals surface area contributed by atoms with Gasteiger partial charge in [-0.1, -0.05) is 108 Å². The normalized spacial score (nSPS) is 13.7. The van der Waals surface area contributed by atoms with Crippen LogP contribution in [0.15, 0.2) is 121 Å². The Balaban J connectivity index is 1.25. The van der Waals surface area contributed by atoms with Crippen LogP contribution in [0.2, 0.25) is 0 Å². The van der Waals surface area contributed by atoms with Gasteiger partial charge in [-0.25, -0.2) is 4.90 Å². The van der Waals surface area contributed by atoms with Crippen LogP contribution in [0.3, 0.4) is 0 Å².